The maximum Gasteiger partial charge on any atom is 0.345 e. The fraction of sp³-hybridized carbons (Fsp3) is 0.364. The van der Waals surface area contributed by atoms with Crippen molar-refractivity contribution in [1.29, 1.82) is 0 Å². The Labute approximate surface area is 93.6 Å². The van der Waals surface area contributed by atoms with Gasteiger partial charge in [0.1, 0.15) is 0 Å². The van der Waals surface area contributed by atoms with E-state index in [0.29, 0.717) is 17.9 Å². The monoisotopic (exact) mass is 221 g/mol. The Morgan fingerprint density at radius 1 is 1.56 bits per heavy atom. The average Bonchev–Trinajstić information content (AvgIpc) is 2.20. The third-order valence-corrected chi connectivity index (χ3v) is 2.23. The molecule has 0 saturated heterocycles. The van der Waals surface area contributed by atoms with E-state index in [9.17, 15) is 9.59 Å². The molecule has 0 bridgehead atoms. The maximum atomic E-state index is 11.5. The number of nitrogens with one attached hydrogen (secondary N) is 2. The maximum absolute atomic E-state index is 11.5. The molecule has 5 nitrogen and oxygen atoms in total. The summed E-state index contributed by atoms with van der Waals surface area (Å²) >= 11 is 0. The molecule has 0 radical (unpaired) electrons. The minimum atomic E-state index is -0.384. The Morgan fingerprint density at radius 3 is 2.81 bits per heavy atom. The van der Waals surface area contributed by atoms with Gasteiger partial charge in [-0.1, -0.05) is 6.08 Å². The highest BCUT2D eigenvalue weighted by Crippen LogP contribution is 2.07. The first kappa shape index (κ1) is 12.2. The van der Waals surface area contributed by atoms with Crippen molar-refractivity contribution >= 4 is 5.91 Å². The Kier molecular flexibility index (Phi) is 3.99. The number of nitrogens with zero attached hydrogens (tertiary/aromatic N) is 1. The van der Waals surface area contributed by atoms with Crippen LogP contribution in [0.2, 0.25) is 0 Å². The molecule has 0 aliphatic rings. The van der Waals surface area contributed by atoms with Gasteiger partial charge in [0.2, 0.25) is 5.91 Å². The predicted molar refractivity (Wildman–Crippen MR) is 61.2 cm³/mol. The molecule has 1 rings (SSSR count). The van der Waals surface area contributed by atoms with E-state index < -0.39 is 0 Å². The van der Waals surface area contributed by atoms with E-state index in [1.807, 2.05) is 0 Å². The zero-order chi connectivity index (χ0) is 12.1. The zero-order valence-electron chi connectivity index (χ0n) is 9.46. The van der Waals surface area contributed by atoms with E-state index in [2.05, 4.69) is 21.9 Å². The summed E-state index contributed by atoms with van der Waals surface area (Å²) in [6.07, 6.45) is 1.83. The number of carbonyl (C=O) groups is 1. The van der Waals surface area contributed by atoms with Crippen LogP contribution in [0.3, 0.4) is 0 Å². The minimum Gasteiger partial charge on any atom is -0.352 e. The van der Waals surface area contributed by atoms with Crippen LogP contribution in [0.4, 0.5) is 0 Å². The van der Waals surface area contributed by atoms with Crippen molar-refractivity contribution in [2.75, 3.05) is 6.54 Å². The van der Waals surface area contributed by atoms with Gasteiger partial charge in [-0.15, -0.1) is 6.58 Å². The van der Waals surface area contributed by atoms with Crippen molar-refractivity contribution in [2.24, 2.45) is 0 Å². The number of aromatic nitrogens is 2. The number of hydrogen-bond acceptors (Lipinski definition) is 3. The number of hydrogen-bond donors (Lipinski definition) is 2. The quantitative estimate of drug-likeness (QED) is 0.715. The van der Waals surface area contributed by atoms with E-state index in [1.54, 1.807) is 19.9 Å². The number of H-pyrrole nitrogens is 1. The molecule has 1 amide bonds. The molecule has 2 N–H and O–H groups in total. The van der Waals surface area contributed by atoms with Crippen LogP contribution >= 0.6 is 0 Å². The largest absolute Gasteiger partial charge is 0.352 e. The van der Waals surface area contributed by atoms with Crippen LogP contribution in [0, 0.1) is 13.8 Å². The van der Waals surface area contributed by atoms with Gasteiger partial charge in [0.15, 0.2) is 0 Å². The molecule has 0 aliphatic carbocycles. The summed E-state index contributed by atoms with van der Waals surface area (Å²) in [4.78, 5) is 28.9. The van der Waals surface area contributed by atoms with Crippen LogP contribution in [0.25, 0.3) is 0 Å². The van der Waals surface area contributed by atoms with Gasteiger partial charge < -0.3 is 10.3 Å². The van der Waals surface area contributed by atoms with Gasteiger partial charge in [0.25, 0.3) is 0 Å². The molecule has 5 heteroatoms. The van der Waals surface area contributed by atoms with Gasteiger partial charge in [-0.25, -0.2) is 4.79 Å². The lowest BCUT2D eigenvalue weighted by molar-refractivity contribution is -0.120. The van der Waals surface area contributed by atoms with E-state index in [1.165, 1.54) is 0 Å². The lowest BCUT2D eigenvalue weighted by atomic mass is 10.1. The van der Waals surface area contributed by atoms with Crippen LogP contribution in [-0.4, -0.2) is 22.4 Å². The van der Waals surface area contributed by atoms with Gasteiger partial charge in [0, 0.05) is 23.5 Å². The molecule has 16 heavy (non-hydrogen) atoms. The lowest BCUT2D eigenvalue weighted by Gasteiger charge is -2.07. The summed E-state index contributed by atoms with van der Waals surface area (Å²) in [5.74, 6) is -0.111. The Morgan fingerprint density at radius 2 is 2.25 bits per heavy atom. The van der Waals surface area contributed by atoms with E-state index in [4.69, 9.17) is 0 Å². The molecule has 0 saturated carbocycles. The van der Waals surface area contributed by atoms with E-state index in [-0.39, 0.29) is 18.0 Å². The number of amides is 1. The number of carbonyl (C=O) groups excluding carboxylic acids is 1. The predicted octanol–water partition coefficient (Wildman–Crippen LogP) is 0.231. The summed E-state index contributed by atoms with van der Waals surface area (Å²) in [7, 11) is 0. The Hall–Kier alpha value is -1.91. The molecule has 86 valence electrons. The number of aryl methyl sites for hydroxylation is 2. The smallest absolute Gasteiger partial charge is 0.345 e. The van der Waals surface area contributed by atoms with Gasteiger partial charge in [-0.05, 0) is 13.8 Å². The fourth-order valence-corrected chi connectivity index (χ4v) is 1.42. The molecular weight excluding hydrogens is 206 g/mol. The molecule has 0 spiro atoms. The second kappa shape index (κ2) is 5.25. The highest BCUT2D eigenvalue weighted by molar-refractivity contribution is 5.79. The molecule has 1 heterocycles. The van der Waals surface area contributed by atoms with E-state index >= 15 is 0 Å². The summed E-state index contributed by atoms with van der Waals surface area (Å²) < 4.78 is 0. The lowest BCUT2D eigenvalue weighted by Crippen LogP contribution is -2.27. The molecule has 0 atom stereocenters. The van der Waals surface area contributed by atoms with Gasteiger partial charge in [0.05, 0.1) is 6.42 Å². The van der Waals surface area contributed by atoms with Crippen molar-refractivity contribution in [3.8, 4) is 0 Å². The number of aromatic amines is 1. The van der Waals surface area contributed by atoms with Crippen molar-refractivity contribution < 1.29 is 4.79 Å². The van der Waals surface area contributed by atoms with Crippen LogP contribution in [0.5, 0.6) is 0 Å². The fourth-order valence-electron chi connectivity index (χ4n) is 1.42. The van der Waals surface area contributed by atoms with Gasteiger partial charge >= 0.3 is 5.69 Å². The highest BCUT2D eigenvalue weighted by Gasteiger charge is 2.10. The molecule has 0 aromatic carbocycles. The van der Waals surface area contributed by atoms with Crippen molar-refractivity contribution in [3.63, 3.8) is 0 Å². The summed E-state index contributed by atoms with van der Waals surface area (Å²) in [5.41, 5.74) is 1.66. The van der Waals surface area contributed by atoms with Crippen LogP contribution < -0.4 is 11.0 Å². The first-order chi connectivity index (χ1) is 7.54. The first-order valence-electron chi connectivity index (χ1n) is 4.98. The topological polar surface area (TPSA) is 74.8 Å². The molecule has 0 unspecified atom stereocenters. The zero-order valence-corrected chi connectivity index (χ0v) is 9.46. The van der Waals surface area contributed by atoms with Crippen molar-refractivity contribution in [3.05, 3.63) is 40.1 Å². The summed E-state index contributed by atoms with van der Waals surface area (Å²) in [5, 5.41) is 2.67. The SMILES string of the molecule is C=CCNC(=O)Cc1c(C)nc(=O)[nH]c1C. The summed E-state index contributed by atoms with van der Waals surface area (Å²) in [6.45, 7) is 7.43. The minimum absolute atomic E-state index is 0.111. The van der Waals surface area contributed by atoms with Crippen LogP contribution in [0.15, 0.2) is 17.4 Å². The second-order valence-corrected chi connectivity index (χ2v) is 3.50. The average molecular weight is 221 g/mol. The van der Waals surface area contributed by atoms with Crippen LogP contribution in [-0.2, 0) is 11.2 Å². The Bertz CT molecular complexity index is 437. The third kappa shape index (κ3) is 3.05. The van der Waals surface area contributed by atoms with Gasteiger partial charge in [-0.2, -0.15) is 4.98 Å². The Balaban J connectivity index is 2.85. The molecule has 1 aromatic heterocycles. The van der Waals surface area contributed by atoms with Crippen molar-refractivity contribution in [1.82, 2.24) is 15.3 Å². The second-order valence-electron chi connectivity index (χ2n) is 3.50. The molecule has 0 aliphatic heterocycles. The first-order valence-corrected chi connectivity index (χ1v) is 4.98. The van der Waals surface area contributed by atoms with E-state index in [0.717, 1.165) is 5.56 Å². The van der Waals surface area contributed by atoms with Crippen LogP contribution in [0.1, 0.15) is 17.0 Å². The highest BCUT2D eigenvalue weighted by atomic mass is 16.1. The molecule has 1 aromatic rings. The number of rotatable bonds is 4. The summed E-state index contributed by atoms with van der Waals surface area (Å²) in [6, 6.07) is 0. The van der Waals surface area contributed by atoms with Crippen molar-refractivity contribution in [2.45, 2.75) is 20.3 Å². The molecule has 0 fully saturated rings. The molecular formula is C11H15N3O2. The normalized spacial score (nSPS) is 9.88. The standard InChI is InChI=1S/C11H15N3O2/c1-4-5-12-10(15)6-9-7(2)13-11(16)14-8(9)3/h4H,1,5-6H2,2-3H3,(H,12,15)(H,13,14,16). The van der Waals surface area contributed by atoms with Gasteiger partial charge in [-0.3, -0.25) is 4.79 Å². The third-order valence-electron chi connectivity index (χ3n) is 2.23.